The predicted molar refractivity (Wildman–Crippen MR) is 92.0 cm³/mol. The molecule has 0 spiro atoms. The molecule has 0 bridgehead atoms. The summed E-state index contributed by atoms with van der Waals surface area (Å²) in [6, 6.07) is 4.44. The van der Waals surface area contributed by atoms with Crippen LogP contribution in [0.2, 0.25) is 0 Å². The Labute approximate surface area is 146 Å². The third-order valence-corrected chi connectivity index (χ3v) is 5.09. The summed E-state index contributed by atoms with van der Waals surface area (Å²) < 4.78 is 14.6. The average Bonchev–Trinajstić information content (AvgIpc) is 2.61. The fourth-order valence-electron chi connectivity index (χ4n) is 3.48. The molecule has 2 heterocycles. The quantitative estimate of drug-likeness (QED) is 0.660. The minimum atomic E-state index is -0.480. The van der Waals surface area contributed by atoms with Crippen LogP contribution in [0.25, 0.3) is 0 Å². The lowest BCUT2D eigenvalue weighted by Gasteiger charge is -2.33. The molecule has 3 rings (SSSR count). The molecule has 7 heteroatoms. The lowest BCUT2D eigenvalue weighted by Crippen LogP contribution is -2.51. The van der Waals surface area contributed by atoms with E-state index in [1.807, 2.05) is 4.90 Å². The first kappa shape index (κ1) is 17.4. The molecule has 1 aromatic rings. The van der Waals surface area contributed by atoms with Gasteiger partial charge in [0.15, 0.2) is 0 Å². The fraction of sp³-hybridized carbons (Fsp3) is 0.500. The van der Waals surface area contributed by atoms with Crippen molar-refractivity contribution in [3.05, 3.63) is 24.0 Å². The zero-order valence-electron chi connectivity index (χ0n) is 14.2. The number of nitrogens with zero attached hydrogens (tertiary/aromatic N) is 2. The number of carbonyl (C=O) groups excluding carboxylic acids is 3. The number of nitrogens with one attached hydrogen (secondary N) is 1. The number of piperidine rings is 2. The van der Waals surface area contributed by atoms with Crippen molar-refractivity contribution in [1.82, 2.24) is 5.32 Å². The summed E-state index contributed by atoms with van der Waals surface area (Å²) in [5, 5.41) is 2.32. The molecule has 2 aliphatic heterocycles. The van der Waals surface area contributed by atoms with Gasteiger partial charge in [0, 0.05) is 38.2 Å². The van der Waals surface area contributed by atoms with E-state index < -0.39 is 6.04 Å². The standard InChI is InChI=1S/C18H22FN3O3/c1-21(16-4-5-17(24)20-18(16)25)13-2-3-15(14(19)10-13)22-8-6-12(11-23)7-9-22/h2-3,10-12,16H,4-9H2,1H3,(H,20,24,25). The van der Waals surface area contributed by atoms with Crippen LogP contribution >= 0.6 is 0 Å². The SMILES string of the molecule is CN(c1ccc(N2CCC(C=O)CC2)c(F)c1)C1CCC(=O)NC1=O. The highest BCUT2D eigenvalue weighted by molar-refractivity contribution is 6.01. The number of hydrogen-bond donors (Lipinski definition) is 1. The van der Waals surface area contributed by atoms with E-state index in [1.54, 1.807) is 24.1 Å². The Bertz CT molecular complexity index is 686. The highest BCUT2D eigenvalue weighted by Gasteiger charge is 2.30. The average molecular weight is 347 g/mol. The zero-order valence-corrected chi connectivity index (χ0v) is 14.2. The van der Waals surface area contributed by atoms with Gasteiger partial charge in [-0.15, -0.1) is 0 Å². The maximum Gasteiger partial charge on any atom is 0.249 e. The molecule has 0 radical (unpaired) electrons. The third-order valence-electron chi connectivity index (χ3n) is 5.09. The highest BCUT2D eigenvalue weighted by atomic mass is 19.1. The summed E-state index contributed by atoms with van der Waals surface area (Å²) in [5.41, 5.74) is 1.11. The van der Waals surface area contributed by atoms with Crippen LogP contribution in [0.1, 0.15) is 25.7 Å². The summed E-state index contributed by atoms with van der Waals surface area (Å²) >= 11 is 0. The molecule has 2 saturated heterocycles. The number of anilines is 2. The Morgan fingerprint density at radius 1 is 1.24 bits per heavy atom. The van der Waals surface area contributed by atoms with E-state index in [2.05, 4.69) is 5.32 Å². The van der Waals surface area contributed by atoms with Crippen molar-refractivity contribution in [3.8, 4) is 0 Å². The number of likely N-dealkylation sites (N-methyl/N-ethyl adjacent to an activating group) is 1. The molecular weight excluding hydrogens is 325 g/mol. The van der Waals surface area contributed by atoms with Gasteiger partial charge < -0.3 is 14.6 Å². The highest BCUT2D eigenvalue weighted by Crippen LogP contribution is 2.29. The monoisotopic (exact) mass is 347 g/mol. The van der Waals surface area contributed by atoms with Crippen molar-refractivity contribution in [2.45, 2.75) is 31.7 Å². The van der Waals surface area contributed by atoms with Crippen molar-refractivity contribution >= 4 is 29.5 Å². The molecule has 2 aliphatic rings. The summed E-state index contributed by atoms with van der Waals surface area (Å²) in [4.78, 5) is 37.7. The van der Waals surface area contributed by atoms with Crippen LogP contribution in [0.4, 0.5) is 15.8 Å². The zero-order chi connectivity index (χ0) is 18.0. The second kappa shape index (κ2) is 7.21. The molecule has 0 aliphatic carbocycles. The van der Waals surface area contributed by atoms with E-state index in [-0.39, 0.29) is 30.0 Å². The van der Waals surface area contributed by atoms with Crippen molar-refractivity contribution in [2.24, 2.45) is 5.92 Å². The van der Waals surface area contributed by atoms with Crippen molar-refractivity contribution in [2.75, 3.05) is 29.9 Å². The number of carbonyl (C=O) groups is 3. The van der Waals surface area contributed by atoms with Crippen LogP contribution < -0.4 is 15.1 Å². The van der Waals surface area contributed by atoms with Crippen LogP contribution in [0, 0.1) is 11.7 Å². The van der Waals surface area contributed by atoms with Crippen molar-refractivity contribution in [1.29, 1.82) is 0 Å². The molecule has 25 heavy (non-hydrogen) atoms. The smallest absolute Gasteiger partial charge is 0.249 e. The molecule has 6 nitrogen and oxygen atoms in total. The van der Waals surface area contributed by atoms with Crippen LogP contribution in [0.3, 0.4) is 0 Å². The molecule has 2 amide bonds. The van der Waals surface area contributed by atoms with E-state index in [0.717, 1.165) is 19.1 Å². The Balaban J connectivity index is 1.72. The molecule has 1 N–H and O–H groups in total. The topological polar surface area (TPSA) is 69.7 Å². The predicted octanol–water partition coefficient (Wildman–Crippen LogP) is 1.48. The summed E-state index contributed by atoms with van der Waals surface area (Å²) in [6.07, 6.45) is 3.16. The van der Waals surface area contributed by atoms with Crippen molar-refractivity contribution in [3.63, 3.8) is 0 Å². The fourth-order valence-corrected chi connectivity index (χ4v) is 3.48. The summed E-state index contributed by atoms with van der Waals surface area (Å²) in [6.45, 7) is 1.31. The molecule has 1 unspecified atom stereocenters. The van der Waals surface area contributed by atoms with E-state index in [9.17, 15) is 18.8 Å². The molecule has 0 saturated carbocycles. The molecular formula is C18H22FN3O3. The van der Waals surface area contributed by atoms with Crippen LogP contribution in [0.15, 0.2) is 18.2 Å². The maximum absolute atomic E-state index is 14.6. The maximum atomic E-state index is 14.6. The van der Waals surface area contributed by atoms with E-state index in [4.69, 9.17) is 0 Å². The normalized spacial score (nSPS) is 21.8. The van der Waals surface area contributed by atoms with Gasteiger partial charge in [-0.1, -0.05) is 0 Å². The third kappa shape index (κ3) is 3.65. The number of imide groups is 1. The first-order valence-electron chi connectivity index (χ1n) is 8.56. The first-order valence-corrected chi connectivity index (χ1v) is 8.56. The molecule has 0 aromatic heterocycles. The molecule has 2 fully saturated rings. The number of aldehydes is 1. The van der Waals surface area contributed by atoms with Gasteiger partial charge in [0.05, 0.1) is 5.69 Å². The van der Waals surface area contributed by atoms with Gasteiger partial charge in [0.2, 0.25) is 11.8 Å². The van der Waals surface area contributed by atoms with Gasteiger partial charge in [0.25, 0.3) is 0 Å². The largest absolute Gasteiger partial charge is 0.369 e. The van der Waals surface area contributed by atoms with Crippen molar-refractivity contribution < 1.29 is 18.8 Å². The van der Waals surface area contributed by atoms with E-state index >= 15 is 0 Å². The van der Waals surface area contributed by atoms with Crippen LogP contribution in [0.5, 0.6) is 0 Å². The molecule has 134 valence electrons. The van der Waals surface area contributed by atoms with Gasteiger partial charge in [-0.25, -0.2) is 4.39 Å². The lowest BCUT2D eigenvalue weighted by molar-refractivity contribution is -0.134. The summed E-state index contributed by atoms with van der Waals surface area (Å²) in [5.74, 6) is -0.896. The van der Waals surface area contributed by atoms with Gasteiger partial charge in [0.1, 0.15) is 18.1 Å². The van der Waals surface area contributed by atoms with Crippen LogP contribution in [-0.2, 0) is 14.4 Å². The van der Waals surface area contributed by atoms with Gasteiger partial charge in [-0.2, -0.15) is 0 Å². The Morgan fingerprint density at radius 2 is 1.96 bits per heavy atom. The number of amides is 2. The molecule has 1 aromatic carbocycles. The molecule has 1 atom stereocenters. The minimum Gasteiger partial charge on any atom is -0.369 e. The second-order valence-corrected chi connectivity index (χ2v) is 6.67. The number of rotatable bonds is 4. The van der Waals surface area contributed by atoms with Gasteiger partial charge >= 0.3 is 0 Å². The Kier molecular flexibility index (Phi) is 5.01. The Hall–Kier alpha value is -2.44. The Morgan fingerprint density at radius 3 is 2.56 bits per heavy atom. The number of benzene rings is 1. The second-order valence-electron chi connectivity index (χ2n) is 6.67. The van der Waals surface area contributed by atoms with Gasteiger partial charge in [-0.05, 0) is 37.5 Å². The number of halogens is 1. The number of hydrogen-bond acceptors (Lipinski definition) is 5. The van der Waals surface area contributed by atoms with Gasteiger partial charge in [-0.3, -0.25) is 14.9 Å². The van der Waals surface area contributed by atoms with Crippen LogP contribution in [-0.4, -0.2) is 44.3 Å². The van der Waals surface area contributed by atoms with E-state index in [1.165, 1.54) is 6.07 Å². The lowest BCUT2D eigenvalue weighted by atomic mass is 9.98. The van der Waals surface area contributed by atoms with E-state index in [0.29, 0.717) is 30.9 Å². The summed E-state index contributed by atoms with van der Waals surface area (Å²) in [7, 11) is 1.73. The first-order chi connectivity index (χ1) is 12.0. The minimum absolute atomic E-state index is 0.0669.